The highest BCUT2D eigenvalue weighted by Gasteiger charge is 2.55. The number of nitrogens with one attached hydrogen (secondary N) is 3. The van der Waals surface area contributed by atoms with Gasteiger partial charge in [0.15, 0.2) is 16.9 Å². The van der Waals surface area contributed by atoms with Gasteiger partial charge in [-0.2, -0.15) is 10.3 Å². The van der Waals surface area contributed by atoms with Gasteiger partial charge < -0.3 is 19.6 Å². The summed E-state index contributed by atoms with van der Waals surface area (Å²) in [4.78, 5) is 67.2. The highest BCUT2D eigenvalue weighted by molar-refractivity contribution is 8.18. The predicted molar refractivity (Wildman–Crippen MR) is 219 cm³/mol. The molecule has 2 fully saturated rings. The van der Waals surface area contributed by atoms with Gasteiger partial charge in [0.05, 0.1) is 11.3 Å². The van der Waals surface area contributed by atoms with Gasteiger partial charge in [-0.3, -0.25) is 19.8 Å². The molecule has 4 aromatic rings. The number of carbonyl (C=O) groups excluding carboxylic acids is 4. The Kier molecular flexibility index (Phi) is 12.9. The van der Waals surface area contributed by atoms with E-state index in [9.17, 15) is 19.2 Å². The van der Waals surface area contributed by atoms with Gasteiger partial charge >= 0.3 is 12.1 Å². The summed E-state index contributed by atoms with van der Waals surface area (Å²) in [5.74, 6) is -1.45. The maximum Gasteiger partial charge on any atom is 0.413 e. The molecule has 57 heavy (non-hydrogen) atoms. The summed E-state index contributed by atoms with van der Waals surface area (Å²) in [5.41, 5.74) is 0.961. The van der Waals surface area contributed by atoms with Crippen molar-refractivity contribution in [2.24, 2.45) is 5.16 Å². The monoisotopic (exact) mass is 848 g/mol. The number of aromatic nitrogens is 4. The number of H-pyrrole nitrogens is 1. The first-order valence-corrected chi connectivity index (χ1v) is 22.0. The largest absolute Gasteiger partial charge is 0.448 e. The van der Waals surface area contributed by atoms with Crippen molar-refractivity contribution in [3.05, 3.63) is 99.7 Å². The van der Waals surface area contributed by atoms with Crippen molar-refractivity contribution in [2.75, 3.05) is 16.2 Å². The Balaban J connectivity index is 1.12. The summed E-state index contributed by atoms with van der Waals surface area (Å²) >= 11 is 5.36. The van der Waals surface area contributed by atoms with E-state index in [1.165, 1.54) is 40.2 Å². The zero-order valence-electron chi connectivity index (χ0n) is 31.2. The second-order valence-corrected chi connectivity index (χ2v) is 18.5. The number of benzene rings is 2. The number of hydrogen-bond acceptors (Lipinski definition) is 15. The lowest BCUT2D eigenvalue weighted by molar-refractivity contribution is -0.154. The molecule has 2 atom stereocenters. The normalized spacial score (nSPS) is 18.6. The van der Waals surface area contributed by atoms with Crippen LogP contribution in [0.5, 0.6) is 0 Å². The minimum atomic E-state index is -0.991. The van der Waals surface area contributed by atoms with Gasteiger partial charge in [0.25, 0.3) is 11.8 Å². The second kappa shape index (κ2) is 18.2. The minimum absolute atomic E-state index is 0.132. The second-order valence-electron chi connectivity index (χ2n) is 14.1. The van der Waals surface area contributed by atoms with Gasteiger partial charge in [0, 0.05) is 16.0 Å². The van der Waals surface area contributed by atoms with Crippen LogP contribution in [-0.4, -0.2) is 88.8 Å². The average molecular weight is 849 g/mol. The number of nitrogens with zero attached hydrogens (tertiary/aromatic N) is 5. The van der Waals surface area contributed by atoms with E-state index in [4.69, 9.17) is 14.3 Å². The molecule has 3 aliphatic rings. The summed E-state index contributed by atoms with van der Waals surface area (Å²) in [5, 5.41) is 22.5. The SMILES string of the molecule is CC(C)(C)OC(=O)Nc1nc(/C(=N\OC2CCCC2)C(=O)N[C@@H]2C(=O)N3C(C(=O)OC(c4ccccc4)c4ccccc4)=C(SCSc4cn[nH]n4)CS[C@H]23)cs1. The molecule has 3 amide bonds. The molecule has 0 unspecified atom stereocenters. The fourth-order valence-electron chi connectivity index (χ4n) is 6.23. The van der Waals surface area contributed by atoms with E-state index in [2.05, 4.69) is 36.2 Å². The first kappa shape index (κ1) is 40.4. The van der Waals surface area contributed by atoms with Crippen LogP contribution in [0.3, 0.4) is 0 Å². The Bertz CT molecular complexity index is 2080. The number of anilines is 1. The topological polar surface area (TPSA) is 190 Å². The third-order valence-electron chi connectivity index (χ3n) is 8.84. The molecular formula is C38H40N8O7S4. The number of ether oxygens (including phenoxy) is 2. The molecule has 19 heteroatoms. The predicted octanol–water partition coefficient (Wildman–Crippen LogP) is 6.70. The Morgan fingerprint density at radius 3 is 2.39 bits per heavy atom. The fourth-order valence-corrected chi connectivity index (χ4v) is 10.5. The summed E-state index contributed by atoms with van der Waals surface area (Å²) in [6.07, 6.45) is 3.59. The number of fused-ring (bicyclic) bond motifs is 1. The van der Waals surface area contributed by atoms with Crippen LogP contribution < -0.4 is 10.6 Å². The van der Waals surface area contributed by atoms with Crippen LogP contribution >= 0.6 is 46.6 Å². The fraction of sp³-hybridized carbons (Fsp3) is 0.368. The summed E-state index contributed by atoms with van der Waals surface area (Å²) in [7, 11) is 0. The number of carbonyl (C=O) groups is 4. The van der Waals surface area contributed by atoms with Crippen molar-refractivity contribution in [3.63, 3.8) is 0 Å². The molecule has 1 saturated heterocycles. The number of aromatic amines is 1. The third-order valence-corrected chi connectivity index (χ3v) is 13.2. The number of β-lactam (4-membered cyclic amide) rings is 1. The first-order valence-electron chi connectivity index (χ1n) is 18.1. The molecule has 0 radical (unpaired) electrons. The van der Waals surface area contributed by atoms with Gasteiger partial charge in [-0.05, 0) is 57.6 Å². The van der Waals surface area contributed by atoms with E-state index in [-0.39, 0.29) is 28.3 Å². The third kappa shape index (κ3) is 10.0. The van der Waals surface area contributed by atoms with Crippen LogP contribution in [0, 0.1) is 0 Å². The van der Waals surface area contributed by atoms with Crippen LogP contribution in [0.15, 0.2) is 93.0 Å². The van der Waals surface area contributed by atoms with Crippen LogP contribution in [0.4, 0.5) is 9.93 Å². The number of hydrogen-bond donors (Lipinski definition) is 3. The number of oxime groups is 1. The lowest BCUT2D eigenvalue weighted by Crippen LogP contribution is -2.71. The molecule has 1 aliphatic carbocycles. The van der Waals surface area contributed by atoms with Crippen LogP contribution in [0.2, 0.25) is 0 Å². The molecule has 1 saturated carbocycles. The van der Waals surface area contributed by atoms with Crippen LogP contribution in [0.25, 0.3) is 0 Å². The Labute approximate surface area is 345 Å². The zero-order chi connectivity index (χ0) is 39.9. The molecule has 2 aromatic heterocycles. The molecule has 0 bridgehead atoms. The lowest BCUT2D eigenvalue weighted by atomic mass is 10.0. The smallest absolute Gasteiger partial charge is 0.413 e. The van der Waals surface area contributed by atoms with Crippen molar-refractivity contribution in [1.29, 1.82) is 0 Å². The molecule has 2 aliphatic heterocycles. The number of thioether (sulfide) groups is 3. The van der Waals surface area contributed by atoms with Crippen molar-refractivity contribution in [2.45, 2.75) is 80.7 Å². The van der Waals surface area contributed by atoms with E-state index < -0.39 is 47.0 Å². The van der Waals surface area contributed by atoms with E-state index in [1.54, 1.807) is 32.3 Å². The minimum Gasteiger partial charge on any atom is -0.448 e. The van der Waals surface area contributed by atoms with Gasteiger partial charge in [-0.15, -0.1) is 40.0 Å². The summed E-state index contributed by atoms with van der Waals surface area (Å²) in [6, 6.07) is 17.8. The van der Waals surface area contributed by atoms with E-state index in [0.717, 1.165) is 48.1 Å². The van der Waals surface area contributed by atoms with Gasteiger partial charge in [0.1, 0.15) is 39.5 Å². The maximum absolute atomic E-state index is 14.4. The van der Waals surface area contributed by atoms with Crippen LogP contribution in [-0.2, 0) is 28.7 Å². The molecular weight excluding hydrogens is 809 g/mol. The first-order chi connectivity index (χ1) is 27.5. The van der Waals surface area contributed by atoms with Gasteiger partial charge in [-0.1, -0.05) is 77.6 Å². The lowest BCUT2D eigenvalue weighted by Gasteiger charge is -2.49. The van der Waals surface area contributed by atoms with Crippen molar-refractivity contribution in [1.82, 2.24) is 30.6 Å². The highest BCUT2D eigenvalue weighted by Crippen LogP contribution is 2.45. The summed E-state index contributed by atoms with van der Waals surface area (Å²) < 4.78 is 11.6. The molecule has 2 aromatic carbocycles. The van der Waals surface area contributed by atoms with E-state index in [1.807, 2.05) is 60.7 Å². The average Bonchev–Trinajstić information content (AvgIpc) is 4.01. The number of esters is 1. The van der Waals surface area contributed by atoms with Crippen molar-refractivity contribution in [3.8, 4) is 0 Å². The Hall–Kier alpha value is -4.85. The molecule has 4 heterocycles. The zero-order valence-corrected chi connectivity index (χ0v) is 34.5. The highest BCUT2D eigenvalue weighted by atomic mass is 32.2. The standard InChI is InChI=1S/C38H40N8O7S4/c1-38(2,3)52-37(50)42-36-40-25(19-55-36)28(44-53-24-16-10-11-17-24)32(47)41-29-33(48)46-30(26(20-54-34(29)46)56-21-57-27-18-39-45-43-27)35(49)51-31(22-12-6-4-7-13-22)23-14-8-5-9-15-23/h4-9,12-15,18-19,24,29,31,34H,10-11,16-17,20-21H2,1-3H3,(H,41,47)(H,39,43,45)(H,40,42,50)/b44-28+/t29-,34-/m1/s1. The number of thiazole rings is 1. The van der Waals surface area contributed by atoms with E-state index in [0.29, 0.717) is 20.8 Å². The van der Waals surface area contributed by atoms with E-state index >= 15 is 0 Å². The van der Waals surface area contributed by atoms with Crippen molar-refractivity contribution >= 4 is 81.3 Å². The molecule has 7 rings (SSSR count). The summed E-state index contributed by atoms with van der Waals surface area (Å²) in [6.45, 7) is 5.24. The quantitative estimate of drug-likeness (QED) is 0.0304. The number of rotatable bonds is 14. The van der Waals surface area contributed by atoms with Gasteiger partial charge in [-0.25, -0.2) is 14.6 Å². The van der Waals surface area contributed by atoms with Gasteiger partial charge in [0.2, 0.25) is 0 Å². The number of amides is 3. The van der Waals surface area contributed by atoms with Crippen LogP contribution in [0.1, 0.15) is 69.4 Å². The molecule has 0 spiro atoms. The molecule has 298 valence electrons. The molecule has 3 N–H and O–H groups in total. The Morgan fingerprint density at radius 1 is 1.04 bits per heavy atom. The Morgan fingerprint density at radius 2 is 1.74 bits per heavy atom. The van der Waals surface area contributed by atoms with Crippen molar-refractivity contribution < 1.29 is 33.5 Å². The molecule has 15 nitrogen and oxygen atoms in total. The maximum atomic E-state index is 14.4.